The highest BCUT2D eigenvalue weighted by Gasteiger charge is 2.26. The van der Waals surface area contributed by atoms with E-state index >= 15 is 0 Å². The number of rotatable bonds is 6. The molecule has 1 heterocycles. The summed E-state index contributed by atoms with van der Waals surface area (Å²) < 4.78 is 15.9. The molecule has 0 unspecified atom stereocenters. The molecule has 164 valence electrons. The fourth-order valence-electron chi connectivity index (χ4n) is 3.96. The Labute approximate surface area is 187 Å². The van der Waals surface area contributed by atoms with Gasteiger partial charge in [0.1, 0.15) is 11.5 Å². The second-order valence-electron chi connectivity index (χ2n) is 7.50. The zero-order valence-corrected chi connectivity index (χ0v) is 18.2. The van der Waals surface area contributed by atoms with Crippen molar-refractivity contribution in [2.75, 3.05) is 25.7 Å². The minimum absolute atomic E-state index is 0.00633. The molecule has 3 aromatic carbocycles. The van der Waals surface area contributed by atoms with Gasteiger partial charge in [-0.2, -0.15) is 0 Å². The molecule has 0 saturated carbocycles. The van der Waals surface area contributed by atoms with Crippen molar-refractivity contribution in [2.45, 2.75) is 19.3 Å². The lowest BCUT2D eigenvalue weighted by Gasteiger charge is -2.24. The maximum absolute atomic E-state index is 13.2. The van der Waals surface area contributed by atoms with Crippen molar-refractivity contribution in [1.82, 2.24) is 0 Å². The van der Waals surface area contributed by atoms with Crippen molar-refractivity contribution in [3.8, 4) is 11.5 Å². The Morgan fingerprint density at radius 1 is 0.844 bits per heavy atom. The SMILES string of the molecule is COc1ccc(CC(=O)OCC(=O)N2c3ccccc3CCc3ccccc32)c(OC)c1. The number of nitrogens with zero attached hydrogens (tertiary/aromatic N) is 1. The molecule has 0 aromatic heterocycles. The van der Waals surface area contributed by atoms with Crippen LogP contribution in [0.25, 0.3) is 0 Å². The summed E-state index contributed by atoms with van der Waals surface area (Å²) in [5.74, 6) is 0.371. The molecule has 1 amide bonds. The van der Waals surface area contributed by atoms with E-state index in [1.54, 1.807) is 30.2 Å². The molecule has 0 bridgehead atoms. The van der Waals surface area contributed by atoms with Gasteiger partial charge in [-0.1, -0.05) is 42.5 Å². The number of ether oxygens (including phenoxy) is 3. The normalized spacial score (nSPS) is 12.2. The first-order valence-electron chi connectivity index (χ1n) is 10.5. The first kappa shape index (κ1) is 21.4. The highest BCUT2D eigenvalue weighted by molar-refractivity contribution is 6.03. The van der Waals surface area contributed by atoms with Gasteiger partial charge in [-0.05, 0) is 42.2 Å². The van der Waals surface area contributed by atoms with Gasteiger partial charge in [0, 0.05) is 11.6 Å². The number of amides is 1. The molecule has 1 aliphatic heterocycles. The number of hydrogen-bond donors (Lipinski definition) is 0. The van der Waals surface area contributed by atoms with E-state index in [0.717, 1.165) is 35.3 Å². The van der Waals surface area contributed by atoms with Crippen molar-refractivity contribution in [1.29, 1.82) is 0 Å². The monoisotopic (exact) mass is 431 g/mol. The first-order chi connectivity index (χ1) is 15.6. The van der Waals surface area contributed by atoms with Crippen molar-refractivity contribution in [3.63, 3.8) is 0 Å². The van der Waals surface area contributed by atoms with Crippen LogP contribution in [0.4, 0.5) is 11.4 Å². The zero-order chi connectivity index (χ0) is 22.5. The number of aryl methyl sites for hydroxylation is 2. The van der Waals surface area contributed by atoms with E-state index in [4.69, 9.17) is 14.2 Å². The topological polar surface area (TPSA) is 65.1 Å². The van der Waals surface area contributed by atoms with Gasteiger partial charge in [0.25, 0.3) is 5.91 Å². The van der Waals surface area contributed by atoms with Crippen LogP contribution in [0.15, 0.2) is 66.7 Å². The summed E-state index contributed by atoms with van der Waals surface area (Å²) in [6.45, 7) is -0.347. The fraction of sp³-hybridized carbons (Fsp3) is 0.231. The van der Waals surface area contributed by atoms with Gasteiger partial charge in [0.2, 0.25) is 0 Å². The lowest BCUT2D eigenvalue weighted by Crippen LogP contribution is -2.31. The Hall–Kier alpha value is -3.80. The third-order valence-corrected chi connectivity index (χ3v) is 5.56. The molecule has 0 atom stereocenters. The summed E-state index contributed by atoms with van der Waals surface area (Å²) in [5, 5.41) is 0. The lowest BCUT2D eigenvalue weighted by atomic mass is 10.0. The van der Waals surface area contributed by atoms with Crippen LogP contribution in [-0.2, 0) is 33.6 Å². The molecule has 0 fully saturated rings. The third-order valence-electron chi connectivity index (χ3n) is 5.56. The molecule has 0 saturated heterocycles. The summed E-state index contributed by atoms with van der Waals surface area (Å²) in [7, 11) is 3.09. The summed E-state index contributed by atoms with van der Waals surface area (Å²) in [6.07, 6.45) is 1.68. The first-order valence-corrected chi connectivity index (χ1v) is 10.5. The molecule has 1 aliphatic rings. The number of hydrogen-bond acceptors (Lipinski definition) is 5. The van der Waals surface area contributed by atoms with Gasteiger partial charge in [-0.15, -0.1) is 0 Å². The molecule has 6 nitrogen and oxygen atoms in total. The van der Waals surface area contributed by atoms with Crippen LogP contribution >= 0.6 is 0 Å². The third kappa shape index (κ3) is 4.44. The Morgan fingerprint density at radius 3 is 2.06 bits per heavy atom. The minimum atomic E-state index is -0.502. The molecule has 3 aromatic rings. The second-order valence-corrected chi connectivity index (χ2v) is 7.50. The predicted molar refractivity (Wildman–Crippen MR) is 122 cm³/mol. The van der Waals surface area contributed by atoms with E-state index in [2.05, 4.69) is 0 Å². The Balaban J connectivity index is 1.51. The van der Waals surface area contributed by atoms with E-state index in [9.17, 15) is 9.59 Å². The molecular weight excluding hydrogens is 406 g/mol. The average molecular weight is 431 g/mol. The number of carbonyl (C=O) groups excluding carboxylic acids is 2. The number of carbonyl (C=O) groups is 2. The number of esters is 1. The van der Waals surface area contributed by atoms with Crippen LogP contribution < -0.4 is 14.4 Å². The van der Waals surface area contributed by atoms with Crippen LogP contribution in [0.5, 0.6) is 11.5 Å². The summed E-state index contributed by atoms with van der Waals surface area (Å²) in [4.78, 5) is 27.4. The number of para-hydroxylation sites is 2. The number of anilines is 2. The number of methoxy groups -OCH3 is 2. The molecule has 0 radical (unpaired) electrons. The van der Waals surface area contributed by atoms with Crippen LogP contribution in [-0.4, -0.2) is 32.7 Å². The second kappa shape index (κ2) is 9.56. The molecule has 6 heteroatoms. The highest BCUT2D eigenvalue weighted by Crippen LogP contribution is 2.36. The predicted octanol–water partition coefficient (Wildman–Crippen LogP) is 4.25. The lowest BCUT2D eigenvalue weighted by molar-refractivity contribution is -0.147. The minimum Gasteiger partial charge on any atom is -0.497 e. The van der Waals surface area contributed by atoms with Gasteiger partial charge >= 0.3 is 5.97 Å². The van der Waals surface area contributed by atoms with E-state index < -0.39 is 5.97 Å². The van der Waals surface area contributed by atoms with Gasteiger partial charge in [0.05, 0.1) is 32.0 Å². The molecule has 0 spiro atoms. The maximum Gasteiger partial charge on any atom is 0.310 e. The van der Waals surface area contributed by atoms with E-state index in [1.807, 2.05) is 48.5 Å². The van der Waals surface area contributed by atoms with Gasteiger partial charge in [0.15, 0.2) is 6.61 Å². The maximum atomic E-state index is 13.2. The van der Waals surface area contributed by atoms with E-state index in [1.165, 1.54) is 7.11 Å². The molecule has 0 N–H and O–H groups in total. The molecule has 4 rings (SSSR count). The van der Waals surface area contributed by atoms with Crippen LogP contribution in [0.1, 0.15) is 16.7 Å². The van der Waals surface area contributed by atoms with Crippen LogP contribution in [0.2, 0.25) is 0 Å². The molecule has 32 heavy (non-hydrogen) atoms. The van der Waals surface area contributed by atoms with Gasteiger partial charge in [-0.25, -0.2) is 0 Å². The quantitative estimate of drug-likeness (QED) is 0.546. The standard InChI is InChI=1S/C26H25NO5/c1-30-21-14-13-20(24(16-21)31-2)15-26(29)32-17-25(28)27-22-9-5-3-7-18(22)11-12-19-8-4-6-10-23(19)27/h3-10,13-14,16H,11-12,15,17H2,1-2H3. The summed E-state index contributed by atoms with van der Waals surface area (Å²) >= 11 is 0. The largest absolute Gasteiger partial charge is 0.497 e. The number of fused-ring (bicyclic) bond motifs is 2. The number of benzene rings is 3. The van der Waals surface area contributed by atoms with Crippen molar-refractivity contribution >= 4 is 23.3 Å². The van der Waals surface area contributed by atoms with Crippen molar-refractivity contribution < 1.29 is 23.8 Å². The van der Waals surface area contributed by atoms with E-state index in [-0.39, 0.29) is 18.9 Å². The smallest absolute Gasteiger partial charge is 0.310 e. The van der Waals surface area contributed by atoms with E-state index in [0.29, 0.717) is 17.1 Å². The Bertz CT molecular complexity index is 1090. The summed E-state index contributed by atoms with van der Waals surface area (Å²) in [6, 6.07) is 20.9. The highest BCUT2D eigenvalue weighted by atomic mass is 16.5. The van der Waals surface area contributed by atoms with Gasteiger partial charge < -0.3 is 14.2 Å². The zero-order valence-electron chi connectivity index (χ0n) is 18.2. The summed E-state index contributed by atoms with van der Waals surface area (Å²) in [5.41, 5.74) is 4.50. The van der Waals surface area contributed by atoms with Gasteiger partial charge in [-0.3, -0.25) is 14.5 Å². The van der Waals surface area contributed by atoms with Crippen molar-refractivity contribution in [3.05, 3.63) is 83.4 Å². The molecular formula is C26H25NO5. The van der Waals surface area contributed by atoms with Crippen molar-refractivity contribution in [2.24, 2.45) is 0 Å². The fourth-order valence-corrected chi connectivity index (χ4v) is 3.96. The Kier molecular flexibility index (Phi) is 6.40. The van der Waals surface area contributed by atoms with Crippen LogP contribution in [0, 0.1) is 0 Å². The Morgan fingerprint density at radius 2 is 1.47 bits per heavy atom. The molecule has 0 aliphatic carbocycles. The average Bonchev–Trinajstić information content (AvgIpc) is 3.00. The van der Waals surface area contributed by atoms with Crippen LogP contribution in [0.3, 0.4) is 0 Å².